The van der Waals surface area contributed by atoms with Crippen molar-refractivity contribution in [3.05, 3.63) is 59.2 Å². The standard InChI is InChI=1S/C18H18F2N2O2S/c1-10-4-7-15(11(2)8-10)21-18(24)22-17(23)12(3)25-16-9-13(19)5-6-14(16)20/h4-9,12H,1-3H3,(H2,21,22,23,24)/t12-/m0/s1. The Labute approximate surface area is 149 Å². The summed E-state index contributed by atoms with van der Waals surface area (Å²) in [6, 6.07) is 7.83. The average molecular weight is 364 g/mol. The molecule has 2 aromatic rings. The molecule has 0 aliphatic heterocycles. The fourth-order valence-electron chi connectivity index (χ4n) is 2.13. The smallest absolute Gasteiger partial charge is 0.307 e. The fraction of sp³-hybridized carbons (Fsp3) is 0.222. The molecule has 7 heteroatoms. The Bertz CT molecular complexity index is 812. The molecule has 0 aromatic heterocycles. The van der Waals surface area contributed by atoms with E-state index in [2.05, 4.69) is 10.6 Å². The largest absolute Gasteiger partial charge is 0.325 e. The summed E-state index contributed by atoms with van der Waals surface area (Å²) in [5.41, 5.74) is 2.51. The topological polar surface area (TPSA) is 58.2 Å². The number of rotatable bonds is 4. The maximum Gasteiger partial charge on any atom is 0.325 e. The second-order valence-corrected chi connectivity index (χ2v) is 6.98. The van der Waals surface area contributed by atoms with Crippen molar-refractivity contribution < 1.29 is 18.4 Å². The van der Waals surface area contributed by atoms with Crippen LogP contribution in [0.3, 0.4) is 0 Å². The van der Waals surface area contributed by atoms with E-state index in [1.807, 2.05) is 26.0 Å². The first-order valence-corrected chi connectivity index (χ1v) is 8.45. The van der Waals surface area contributed by atoms with E-state index in [9.17, 15) is 18.4 Å². The predicted molar refractivity (Wildman–Crippen MR) is 94.8 cm³/mol. The van der Waals surface area contributed by atoms with Gasteiger partial charge in [0.05, 0.1) is 5.25 Å². The Morgan fingerprint density at radius 3 is 2.48 bits per heavy atom. The van der Waals surface area contributed by atoms with Crippen LogP contribution in [0.1, 0.15) is 18.1 Å². The van der Waals surface area contributed by atoms with Crippen LogP contribution in [0.15, 0.2) is 41.3 Å². The molecule has 0 saturated carbocycles. The minimum atomic E-state index is -0.777. The normalized spacial score (nSPS) is 11.7. The van der Waals surface area contributed by atoms with Gasteiger partial charge in [-0.05, 0) is 50.6 Å². The molecule has 0 fully saturated rings. The van der Waals surface area contributed by atoms with Crippen LogP contribution in [0, 0.1) is 25.5 Å². The zero-order valence-electron chi connectivity index (χ0n) is 14.0. The van der Waals surface area contributed by atoms with Crippen LogP contribution in [-0.4, -0.2) is 17.2 Å². The summed E-state index contributed by atoms with van der Waals surface area (Å²) in [6.45, 7) is 5.29. The number of imide groups is 1. The number of carbonyl (C=O) groups excluding carboxylic acids is 2. The van der Waals surface area contributed by atoms with Crippen LogP contribution in [-0.2, 0) is 4.79 Å². The summed E-state index contributed by atoms with van der Waals surface area (Å²) in [4.78, 5) is 24.0. The van der Waals surface area contributed by atoms with E-state index in [1.165, 1.54) is 6.92 Å². The predicted octanol–water partition coefficient (Wildman–Crippen LogP) is 4.41. The van der Waals surface area contributed by atoms with Crippen LogP contribution in [0.5, 0.6) is 0 Å². The minimum absolute atomic E-state index is 0.0115. The Balaban J connectivity index is 1.96. The number of amides is 3. The van der Waals surface area contributed by atoms with E-state index >= 15 is 0 Å². The van der Waals surface area contributed by atoms with E-state index in [-0.39, 0.29) is 4.90 Å². The van der Waals surface area contributed by atoms with Gasteiger partial charge in [0.25, 0.3) is 0 Å². The summed E-state index contributed by atoms with van der Waals surface area (Å²) in [5.74, 6) is -1.81. The Kier molecular flexibility index (Phi) is 6.14. The third-order valence-electron chi connectivity index (χ3n) is 3.43. The summed E-state index contributed by atoms with van der Waals surface area (Å²) in [6.07, 6.45) is 0. The van der Waals surface area contributed by atoms with Gasteiger partial charge in [0.1, 0.15) is 11.6 Å². The number of hydrogen-bond acceptors (Lipinski definition) is 3. The quantitative estimate of drug-likeness (QED) is 0.790. The number of halogens is 2. The second-order valence-electron chi connectivity index (χ2n) is 5.60. The molecule has 0 unspecified atom stereocenters. The lowest BCUT2D eigenvalue weighted by molar-refractivity contribution is -0.119. The van der Waals surface area contributed by atoms with Crippen LogP contribution in [0.4, 0.5) is 19.3 Å². The first-order valence-electron chi connectivity index (χ1n) is 7.57. The monoisotopic (exact) mass is 364 g/mol. The molecule has 0 aliphatic rings. The molecule has 0 spiro atoms. The van der Waals surface area contributed by atoms with Crippen molar-refractivity contribution in [1.82, 2.24) is 5.32 Å². The van der Waals surface area contributed by atoms with Gasteiger partial charge in [0, 0.05) is 10.6 Å². The molecule has 4 nitrogen and oxygen atoms in total. The molecular formula is C18H18F2N2O2S. The summed E-state index contributed by atoms with van der Waals surface area (Å²) in [7, 11) is 0. The number of hydrogen-bond donors (Lipinski definition) is 2. The maximum absolute atomic E-state index is 13.6. The van der Waals surface area contributed by atoms with Crippen LogP contribution < -0.4 is 10.6 Å². The summed E-state index contributed by atoms with van der Waals surface area (Å²) >= 11 is 0.839. The molecule has 0 bridgehead atoms. The molecule has 2 N–H and O–H groups in total. The SMILES string of the molecule is Cc1ccc(NC(=O)NC(=O)[C@H](C)Sc2cc(F)ccc2F)c(C)c1. The molecular weight excluding hydrogens is 346 g/mol. The molecule has 2 rings (SSSR count). The van der Waals surface area contributed by atoms with Gasteiger partial charge >= 0.3 is 6.03 Å². The van der Waals surface area contributed by atoms with E-state index in [0.29, 0.717) is 5.69 Å². The van der Waals surface area contributed by atoms with Gasteiger partial charge in [-0.3, -0.25) is 10.1 Å². The first kappa shape index (κ1) is 18.9. The van der Waals surface area contributed by atoms with E-state index in [0.717, 1.165) is 41.1 Å². The van der Waals surface area contributed by atoms with Gasteiger partial charge in [-0.1, -0.05) is 17.7 Å². The van der Waals surface area contributed by atoms with Crippen molar-refractivity contribution in [2.45, 2.75) is 30.9 Å². The van der Waals surface area contributed by atoms with Crippen molar-refractivity contribution in [1.29, 1.82) is 0 Å². The van der Waals surface area contributed by atoms with Crippen LogP contribution >= 0.6 is 11.8 Å². The molecule has 132 valence electrons. The van der Waals surface area contributed by atoms with Crippen molar-refractivity contribution in [3.63, 3.8) is 0 Å². The molecule has 3 amide bonds. The molecule has 0 saturated heterocycles. The molecule has 1 atom stereocenters. The van der Waals surface area contributed by atoms with Crippen molar-refractivity contribution in [2.24, 2.45) is 0 Å². The van der Waals surface area contributed by atoms with Crippen molar-refractivity contribution in [2.75, 3.05) is 5.32 Å². The highest BCUT2D eigenvalue weighted by Gasteiger charge is 2.19. The zero-order valence-corrected chi connectivity index (χ0v) is 14.8. The van der Waals surface area contributed by atoms with Crippen molar-refractivity contribution in [3.8, 4) is 0 Å². The number of aryl methyl sites for hydroxylation is 2. The number of carbonyl (C=O) groups is 2. The third-order valence-corrected chi connectivity index (χ3v) is 4.57. The first-order chi connectivity index (χ1) is 11.8. The van der Waals surface area contributed by atoms with Crippen LogP contribution in [0.2, 0.25) is 0 Å². The molecule has 2 aromatic carbocycles. The summed E-state index contributed by atoms with van der Waals surface area (Å²) < 4.78 is 26.8. The van der Waals surface area contributed by atoms with Gasteiger partial charge in [0.15, 0.2) is 0 Å². The fourth-order valence-corrected chi connectivity index (χ4v) is 3.04. The molecule has 25 heavy (non-hydrogen) atoms. The van der Waals surface area contributed by atoms with Gasteiger partial charge < -0.3 is 5.32 Å². The Hall–Kier alpha value is -2.41. The number of thioether (sulfide) groups is 1. The molecule has 0 heterocycles. The van der Waals surface area contributed by atoms with Crippen molar-refractivity contribution >= 4 is 29.4 Å². The third kappa shape index (κ3) is 5.29. The van der Waals surface area contributed by atoms with E-state index in [1.54, 1.807) is 6.07 Å². The van der Waals surface area contributed by atoms with E-state index < -0.39 is 28.8 Å². The van der Waals surface area contributed by atoms with Gasteiger partial charge in [0.2, 0.25) is 5.91 Å². The highest BCUT2D eigenvalue weighted by atomic mass is 32.2. The van der Waals surface area contributed by atoms with Gasteiger partial charge in [-0.2, -0.15) is 0 Å². The number of urea groups is 1. The number of benzene rings is 2. The van der Waals surface area contributed by atoms with Crippen LogP contribution in [0.25, 0.3) is 0 Å². The van der Waals surface area contributed by atoms with Gasteiger partial charge in [-0.25, -0.2) is 13.6 Å². The number of anilines is 1. The second kappa shape index (κ2) is 8.11. The lowest BCUT2D eigenvalue weighted by Crippen LogP contribution is -2.39. The Morgan fingerprint density at radius 1 is 1.08 bits per heavy atom. The lowest BCUT2D eigenvalue weighted by atomic mass is 10.1. The highest BCUT2D eigenvalue weighted by molar-refractivity contribution is 8.00. The molecule has 0 aliphatic carbocycles. The highest BCUT2D eigenvalue weighted by Crippen LogP contribution is 2.27. The van der Waals surface area contributed by atoms with E-state index in [4.69, 9.17) is 0 Å². The van der Waals surface area contributed by atoms with Gasteiger partial charge in [-0.15, -0.1) is 11.8 Å². The summed E-state index contributed by atoms with van der Waals surface area (Å²) in [5, 5.41) is 4.01. The zero-order chi connectivity index (χ0) is 18.6. The minimum Gasteiger partial charge on any atom is -0.307 e. The average Bonchev–Trinajstić information content (AvgIpc) is 2.53. The lowest BCUT2D eigenvalue weighted by Gasteiger charge is -2.13. The maximum atomic E-state index is 13.6. The molecule has 0 radical (unpaired) electrons. The Morgan fingerprint density at radius 2 is 1.80 bits per heavy atom. The number of nitrogens with one attached hydrogen (secondary N) is 2.